The van der Waals surface area contributed by atoms with Crippen LogP contribution in [0.25, 0.3) is 0 Å². The third-order valence-corrected chi connectivity index (χ3v) is 3.27. The van der Waals surface area contributed by atoms with Crippen molar-refractivity contribution in [3.8, 4) is 0 Å². The van der Waals surface area contributed by atoms with Crippen molar-refractivity contribution in [3.05, 3.63) is 0 Å². The molecule has 1 heterocycles. The number of aliphatic hydroxyl groups excluding tert-OH is 1. The van der Waals surface area contributed by atoms with Gasteiger partial charge in [0.25, 0.3) is 0 Å². The monoisotopic (exact) mass is 301 g/mol. The maximum Gasteiger partial charge on any atom is 0.410 e. The van der Waals surface area contributed by atoms with Crippen molar-refractivity contribution in [2.45, 2.75) is 91.3 Å². The lowest BCUT2D eigenvalue weighted by Gasteiger charge is -2.23. The molecule has 4 nitrogen and oxygen atoms in total. The maximum atomic E-state index is 11.4. The summed E-state index contributed by atoms with van der Waals surface area (Å²) >= 11 is 0. The predicted octanol–water partition coefficient (Wildman–Crippen LogP) is 4.35. The van der Waals surface area contributed by atoms with Gasteiger partial charge in [0.15, 0.2) is 0 Å². The minimum atomic E-state index is -0.361. The number of unbranched alkanes of at least 4 members (excludes halogenated alkanes) is 1. The van der Waals surface area contributed by atoms with Gasteiger partial charge in [-0.15, -0.1) is 0 Å². The average molecular weight is 301 g/mol. The molecule has 1 unspecified atom stereocenters. The Hall–Kier alpha value is -0.770. The van der Waals surface area contributed by atoms with Crippen molar-refractivity contribution in [2.75, 3.05) is 13.1 Å². The molecule has 0 aromatic rings. The van der Waals surface area contributed by atoms with Gasteiger partial charge in [-0.3, -0.25) is 0 Å². The van der Waals surface area contributed by atoms with E-state index < -0.39 is 0 Å². The Labute approximate surface area is 130 Å². The first-order valence-electron chi connectivity index (χ1n) is 8.46. The summed E-state index contributed by atoms with van der Waals surface area (Å²) in [6, 6.07) is 0. The molecule has 1 fully saturated rings. The number of hydrogen-bond acceptors (Lipinski definition) is 3. The normalized spacial score (nSPS) is 16.2. The number of aliphatic hydroxyl groups is 1. The molecule has 1 rings (SSSR count). The van der Waals surface area contributed by atoms with Crippen molar-refractivity contribution in [1.82, 2.24) is 4.90 Å². The second-order valence-corrected chi connectivity index (χ2v) is 6.76. The van der Waals surface area contributed by atoms with Crippen molar-refractivity contribution in [1.29, 1.82) is 0 Å². The van der Waals surface area contributed by atoms with E-state index in [1.54, 1.807) is 4.90 Å². The lowest BCUT2D eigenvalue weighted by molar-refractivity contribution is 0.0295. The third kappa shape index (κ3) is 11.6. The van der Waals surface area contributed by atoms with Gasteiger partial charge in [-0.25, -0.2) is 4.79 Å². The number of nitrogens with zero attached hydrogens (tertiary/aromatic N) is 1. The van der Waals surface area contributed by atoms with Crippen LogP contribution in [0.15, 0.2) is 0 Å². The fraction of sp³-hybridized carbons (Fsp3) is 0.941. The van der Waals surface area contributed by atoms with E-state index in [-0.39, 0.29) is 17.8 Å². The SMILES string of the molecule is CC(C)(C)OC(=O)N1CCCC1.CCCCC(O)CCC. The topological polar surface area (TPSA) is 49.8 Å². The largest absolute Gasteiger partial charge is 0.444 e. The van der Waals surface area contributed by atoms with E-state index in [1.165, 1.54) is 12.8 Å². The van der Waals surface area contributed by atoms with Gasteiger partial charge < -0.3 is 14.7 Å². The Morgan fingerprint density at radius 1 is 1.14 bits per heavy atom. The number of carbonyl (C=O) groups excluding carboxylic acids is 1. The van der Waals surface area contributed by atoms with Gasteiger partial charge in [0, 0.05) is 13.1 Å². The molecule has 1 atom stereocenters. The van der Waals surface area contributed by atoms with Crippen molar-refractivity contribution in [2.24, 2.45) is 0 Å². The summed E-state index contributed by atoms with van der Waals surface area (Å²) < 4.78 is 5.21. The van der Waals surface area contributed by atoms with E-state index in [1.807, 2.05) is 20.8 Å². The Kier molecular flexibility index (Phi) is 10.5. The Morgan fingerprint density at radius 2 is 1.71 bits per heavy atom. The first-order chi connectivity index (χ1) is 9.80. The van der Waals surface area contributed by atoms with Crippen LogP contribution in [0.5, 0.6) is 0 Å². The quantitative estimate of drug-likeness (QED) is 0.821. The lowest BCUT2D eigenvalue weighted by Crippen LogP contribution is -2.34. The van der Waals surface area contributed by atoms with Gasteiger partial charge >= 0.3 is 6.09 Å². The minimum absolute atomic E-state index is 0.0325. The number of hydrogen-bond donors (Lipinski definition) is 1. The third-order valence-electron chi connectivity index (χ3n) is 3.27. The molecule has 0 radical (unpaired) electrons. The number of ether oxygens (including phenoxy) is 1. The number of rotatable bonds is 5. The summed E-state index contributed by atoms with van der Waals surface area (Å²) in [5.74, 6) is 0. The summed E-state index contributed by atoms with van der Waals surface area (Å²) in [5.41, 5.74) is -0.361. The molecule has 1 N–H and O–H groups in total. The number of likely N-dealkylation sites (tertiary alicyclic amines) is 1. The second-order valence-electron chi connectivity index (χ2n) is 6.76. The molecule has 0 saturated carbocycles. The van der Waals surface area contributed by atoms with Gasteiger partial charge in [-0.05, 0) is 46.5 Å². The van der Waals surface area contributed by atoms with Crippen molar-refractivity contribution >= 4 is 6.09 Å². The van der Waals surface area contributed by atoms with Gasteiger partial charge in [0.1, 0.15) is 5.60 Å². The van der Waals surface area contributed by atoms with Crippen LogP contribution in [-0.2, 0) is 4.74 Å². The summed E-state index contributed by atoms with van der Waals surface area (Å²) in [4.78, 5) is 13.1. The van der Waals surface area contributed by atoms with Crippen molar-refractivity contribution < 1.29 is 14.6 Å². The van der Waals surface area contributed by atoms with E-state index in [4.69, 9.17) is 4.74 Å². The van der Waals surface area contributed by atoms with Gasteiger partial charge in [-0.2, -0.15) is 0 Å². The molecule has 0 aliphatic carbocycles. The van der Waals surface area contributed by atoms with Gasteiger partial charge in [-0.1, -0.05) is 33.1 Å². The van der Waals surface area contributed by atoms with Gasteiger partial charge in [0.2, 0.25) is 0 Å². The van der Waals surface area contributed by atoms with Crippen molar-refractivity contribution in [3.63, 3.8) is 0 Å². The van der Waals surface area contributed by atoms with Crippen LogP contribution >= 0.6 is 0 Å². The molecule has 126 valence electrons. The zero-order valence-corrected chi connectivity index (χ0v) is 14.7. The zero-order valence-electron chi connectivity index (χ0n) is 14.7. The molecular formula is C17H35NO3. The van der Waals surface area contributed by atoms with E-state index in [0.29, 0.717) is 0 Å². The predicted molar refractivity (Wildman–Crippen MR) is 87.5 cm³/mol. The van der Waals surface area contributed by atoms with Gasteiger partial charge in [0.05, 0.1) is 6.10 Å². The van der Waals surface area contributed by atoms with Crippen LogP contribution in [-0.4, -0.2) is 40.9 Å². The highest BCUT2D eigenvalue weighted by atomic mass is 16.6. The summed E-state index contributed by atoms with van der Waals surface area (Å²) in [6.45, 7) is 11.6. The zero-order chi connectivity index (χ0) is 16.3. The maximum absolute atomic E-state index is 11.4. The minimum Gasteiger partial charge on any atom is -0.444 e. The first-order valence-corrected chi connectivity index (χ1v) is 8.46. The fourth-order valence-electron chi connectivity index (χ4n) is 2.14. The molecule has 1 saturated heterocycles. The molecular weight excluding hydrogens is 266 g/mol. The highest BCUT2D eigenvalue weighted by Crippen LogP contribution is 2.14. The highest BCUT2D eigenvalue weighted by molar-refractivity contribution is 5.68. The molecule has 1 aliphatic heterocycles. The number of amides is 1. The lowest BCUT2D eigenvalue weighted by atomic mass is 10.1. The molecule has 21 heavy (non-hydrogen) atoms. The average Bonchev–Trinajstić information content (AvgIpc) is 2.89. The molecule has 0 aromatic heterocycles. The Morgan fingerprint density at radius 3 is 2.14 bits per heavy atom. The molecule has 0 bridgehead atoms. The van der Waals surface area contributed by atoms with E-state index >= 15 is 0 Å². The molecule has 0 aromatic carbocycles. The molecule has 1 aliphatic rings. The molecule has 4 heteroatoms. The standard InChI is InChI=1S/C9H17NO2.C8H18O/c1-9(2,3)12-8(11)10-6-4-5-7-10;1-3-5-7-8(9)6-4-2/h4-7H2,1-3H3;8-9H,3-7H2,1-2H3. The molecule has 1 amide bonds. The molecule has 0 spiro atoms. The number of carbonyl (C=O) groups is 1. The smallest absolute Gasteiger partial charge is 0.410 e. The summed E-state index contributed by atoms with van der Waals surface area (Å²) in [5, 5.41) is 9.18. The summed E-state index contributed by atoms with van der Waals surface area (Å²) in [6.07, 6.45) is 7.45. The highest BCUT2D eigenvalue weighted by Gasteiger charge is 2.23. The summed E-state index contributed by atoms with van der Waals surface area (Å²) in [7, 11) is 0. The Balaban J connectivity index is 0.000000400. The van der Waals surface area contributed by atoms with E-state index in [9.17, 15) is 9.90 Å². The van der Waals surface area contributed by atoms with Crippen LogP contribution in [0.4, 0.5) is 4.79 Å². The van der Waals surface area contributed by atoms with E-state index in [0.717, 1.165) is 45.2 Å². The fourth-order valence-corrected chi connectivity index (χ4v) is 2.14. The van der Waals surface area contributed by atoms with Crippen LogP contribution in [0, 0.1) is 0 Å². The second kappa shape index (κ2) is 10.9. The Bertz CT molecular complexity index is 268. The van der Waals surface area contributed by atoms with Crippen LogP contribution in [0.1, 0.15) is 79.6 Å². The first kappa shape index (κ1) is 20.2. The van der Waals surface area contributed by atoms with Crippen LogP contribution in [0.2, 0.25) is 0 Å². The van der Waals surface area contributed by atoms with Crippen LogP contribution < -0.4 is 0 Å². The van der Waals surface area contributed by atoms with Crippen LogP contribution in [0.3, 0.4) is 0 Å². The van der Waals surface area contributed by atoms with E-state index in [2.05, 4.69) is 13.8 Å².